The van der Waals surface area contributed by atoms with Crippen LogP contribution in [0.2, 0.25) is 0 Å². The molecule has 9 nitrogen and oxygen atoms in total. The molecule has 1 aliphatic rings. The van der Waals surface area contributed by atoms with Crippen molar-refractivity contribution >= 4 is 11.6 Å². The lowest BCUT2D eigenvalue weighted by Crippen LogP contribution is -2.26. The zero-order chi connectivity index (χ0) is 19.0. The summed E-state index contributed by atoms with van der Waals surface area (Å²) in [6.07, 6.45) is 6.39. The number of carbonyl (C=O) groups excluding carboxylic acids is 1. The predicted molar refractivity (Wildman–Crippen MR) is 96.6 cm³/mol. The van der Waals surface area contributed by atoms with Gasteiger partial charge in [0.1, 0.15) is 11.4 Å². The number of hydrogen-bond acceptors (Lipinski definition) is 5. The summed E-state index contributed by atoms with van der Waals surface area (Å²) in [6, 6.07) is 7.51. The number of aromatic nitrogens is 4. The molecule has 1 amide bonds. The Morgan fingerprint density at radius 3 is 2.93 bits per heavy atom. The second kappa shape index (κ2) is 6.67. The van der Waals surface area contributed by atoms with E-state index in [0.29, 0.717) is 5.69 Å². The predicted octanol–water partition coefficient (Wildman–Crippen LogP) is 2.26. The van der Waals surface area contributed by atoms with Crippen molar-refractivity contribution in [1.29, 1.82) is 0 Å². The Morgan fingerprint density at radius 1 is 1.33 bits per heavy atom. The summed E-state index contributed by atoms with van der Waals surface area (Å²) in [5, 5.41) is 19.0. The molecule has 3 aromatic rings. The van der Waals surface area contributed by atoms with Crippen molar-refractivity contribution in [2.24, 2.45) is 0 Å². The van der Waals surface area contributed by atoms with E-state index in [2.05, 4.69) is 27.4 Å². The molecule has 4 rings (SSSR count). The maximum Gasteiger partial charge on any atom is 0.287 e. The van der Waals surface area contributed by atoms with Gasteiger partial charge in [0.05, 0.1) is 29.5 Å². The summed E-state index contributed by atoms with van der Waals surface area (Å²) in [4.78, 5) is 26.7. The lowest BCUT2D eigenvalue weighted by molar-refractivity contribution is -0.384. The SMILES string of the molecule is CN(Cc1cn(-c2ccc3c(c2)CCC3)nn1)C(=O)c1cc([N+](=O)[O-])c[nH]1. The normalized spacial score (nSPS) is 12.8. The van der Waals surface area contributed by atoms with Crippen molar-refractivity contribution < 1.29 is 9.72 Å². The number of aryl methyl sites for hydroxylation is 2. The Labute approximate surface area is 154 Å². The van der Waals surface area contributed by atoms with Crippen molar-refractivity contribution in [3.05, 3.63) is 69.3 Å². The quantitative estimate of drug-likeness (QED) is 0.550. The van der Waals surface area contributed by atoms with Crippen LogP contribution in [-0.4, -0.2) is 42.8 Å². The number of nitro groups is 1. The number of amides is 1. The van der Waals surface area contributed by atoms with Crippen molar-refractivity contribution in [2.75, 3.05) is 7.05 Å². The van der Waals surface area contributed by atoms with Crippen LogP contribution in [0.5, 0.6) is 0 Å². The van der Waals surface area contributed by atoms with E-state index in [4.69, 9.17) is 0 Å². The minimum absolute atomic E-state index is 0.144. The van der Waals surface area contributed by atoms with Gasteiger partial charge in [0.15, 0.2) is 0 Å². The van der Waals surface area contributed by atoms with Gasteiger partial charge < -0.3 is 9.88 Å². The van der Waals surface area contributed by atoms with Gasteiger partial charge in [-0.1, -0.05) is 11.3 Å². The Bertz CT molecular complexity index is 1020. The lowest BCUT2D eigenvalue weighted by Gasteiger charge is -2.14. The smallest absolute Gasteiger partial charge is 0.287 e. The molecule has 27 heavy (non-hydrogen) atoms. The molecule has 1 N–H and O–H groups in total. The third-order valence-corrected chi connectivity index (χ3v) is 4.74. The highest BCUT2D eigenvalue weighted by Crippen LogP contribution is 2.24. The van der Waals surface area contributed by atoms with Crippen molar-refractivity contribution in [3.63, 3.8) is 0 Å². The molecule has 0 radical (unpaired) electrons. The number of benzene rings is 1. The molecule has 0 saturated carbocycles. The van der Waals surface area contributed by atoms with Gasteiger partial charge in [0, 0.05) is 13.1 Å². The first-order valence-electron chi connectivity index (χ1n) is 8.63. The summed E-state index contributed by atoms with van der Waals surface area (Å²) in [6.45, 7) is 0.247. The third-order valence-electron chi connectivity index (χ3n) is 4.74. The first-order chi connectivity index (χ1) is 13.0. The van der Waals surface area contributed by atoms with Crippen LogP contribution in [0.4, 0.5) is 5.69 Å². The first kappa shape index (κ1) is 17.0. The number of nitrogens with zero attached hydrogens (tertiary/aromatic N) is 5. The van der Waals surface area contributed by atoms with Crippen LogP contribution in [-0.2, 0) is 19.4 Å². The molecule has 0 aliphatic heterocycles. The molecule has 0 saturated heterocycles. The fraction of sp³-hybridized carbons (Fsp3) is 0.278. The van der Waals surface area contributed by atoms with Gasteiger partial charge in [-0.3, -0.25) is 14.9 Å². The fourth-order valence-electron chi connectivity index (χ4n) is 3.33. The van der Waals surface area contributed by atoms with E-state index >= 15 is 0 Å². The molecule has 2 heterocycles. The molecular weight excluding hydrogens is 348 g/mol. The zero-order valence-corrected chi connectivity index (χ0v) is 14.8. The lowest BCUT2D eigenvalue weighted by atomic mass is 10.1. The van der Waals surface area contributed by atoms with Crippen LogP contribution >= 0.6 is 0 Å². The van der Waals surface area contributed by atoms with Crippen molar-refractivity contribution in [3.8, 4) is 5.69 Å². The van der Waals surface area contributed by atoms with Gasteiger partial charge in [0.2, 0.25) is 0 Å². The second-order valence-corrected chi connectivity index (χ2v) is 6.65. The van der Waals surface area contributed by atoms with E-state index in [0.717, 1.165) is 18.5 Å². The van der Waals surface area contributed by atoms with Crippen molar-refractivity contribution in [2.45, 2.75) is 25.8 Å². The van der Waals surface area contributed by atoms with Gasteiger partial charge in [-0.15, -0.1) is 5.10 Å². The molecular formula is C18H18N6O3. The Morgan fingerprint density at radius 2 is 2.15 bits per heavy atom. The van der Waals surface area contributed by atoms with Crippen LogP contribution < -0.4 is 0 Å². The van der Waals surface area contributed by atoms with Crippen LogP contribution in [0, 0.1) is 10.1 Å². The molecule has 0 atom stereocenters. The largest absolute Gasteiger partial charge is 0.351 e. The molecule has 1 aliphatic carbocycles. The Hall–Kier alpha value is -3.49. The Kier molecular flexibility index (Phi) is 4.19. The van der Waals surface area contributed by atoms with E-state index in [9.17, 15) is 14.9 Å². The summed E-state index contributed by atoms with van der Waals surface area (Å²) < 4.78 is 1.70. The topological polar surface area (TPSA) is 110 Å². The van der Waals surface area contributed by atoms with Gasteiger partial charge in [-0.25, -0.2) is 4.68 Å². The maximum atomic E-state index is 12.4. The number of nitrogens with one attached hydrogen (secondary N) is 1. The van der Waals surface area contributed by atoms with Crippen molar-refractivity contribution in [1.82, 2.24) is 24.9 Å². The number of fused-ring (bicyclic) bond motifs is 1. The number of aromatic amines is 1. The van der Waals surface area contributed by atoms with Gasteiger partial charge in [-0.2, -0.15) is 0 Å². The zero-order valence-electron chi connectivity index (χ0n) is 14.8. The average molecular weight is 366 g/mol. The number of hydrogen-bond donors (Lipinski definition) is 1. The minimum atomic E-state index is -0.546. The van der Waals surface area contributed by atoms with E-state index < -0.39 is 4.92 Å². The molecule has 138 valence electrons. The third kappa shape index (κ3) is 3.31. The minimum Gasteiger partial charge on any atom is -0.351 e. The maximum absolute atomic E-state index is 12.4. The fourth-order valence-corrected chi connectivity index (χ4v) is 3.33. The summed E-state index contributed by atoms with van der Waals surface area (Å²) in [7, 11) is 1.61. The van der Waals surface area contributed by atoms with Gasteiger partial charge >= 0.3 is 0 Å². The number of rotatable bonds is 5. The summed E-state index contributed by atoms with van der Waals surface area (Å²) >= 11 is 0. The second-order valence-electron chi connectivity index (χ2n) is 6.65. The monoisotopic (exact) mass is 366 g/mol. The Balaban J connectivity index is 1.47. The molecule has 2 aromatic heterocycles. The van der Waals surface area contributed by atoms with Gasteiger partial charge in [-0.05, 0) is 42.5 Å². The highest BCUT2D eigenvalue weighted by atomic mass is 16.6. The first-order valence-corrected chi connectivity index (χ1v) is 8.63. The number of H-pyrrole nitrogens is 1. The molecule has 1 aromatic carbocycles. The highest BCUT2D eigenvalue weighted by molar-refractivity contribution is 5.92. The summed E-state index contributed by atoms with van der Waals surface area (Å²) in [5.74, 6) is -0.352. The molecule has 0 unspecified atom stereocenters. The van der Waals surface area contributed by atoms with Crippen LogP contribution in [0.3, 0.4) is 0 Å². The molecule has 9 heteroatoms. The van der Waals surface area contributed by atoms with E-state index in [1.165, 1.54) is 34.7 Å². The van der Waals surface area contributed by atoms with Crippen LogP contribution in [0.25, 0.3) is 5.69 Å². The standard InChI is InChI=1S/C18H18N6O3/c1-22(18(25)17-8-16(9-19-17)24(26)27)10-14-11-23(21-20-14)15-6-5-12-3-2-4-13(12)7-15/h5-9,11,19H,2-4,10H2,1H3. The molecule has 0 bridgehead atoms. The van der Waals surface area contributed by atoms with E-state index in [1.54, 1.807) is 17.9 Å². The number of carbonyl (C=O) groups is 1. The summed E-state index contributed by atoms with van der Waals surface area (Å²) in [5.41, 5.74) is 4.34. The van der Waals surface area contributed by atoms with Crippen LogP contribution in [0.15, 0.2) is 36.7 Å². The molecule has 0 fully saturated rings. The van der Waals surface area contributed by atoms with E-state index in [1.807, 2.05) is 6.07 Å². The van der Waals surface area contributed by atoms with E-state index in [-0.39, 0.29) is 23.8 Å². The molecule has 0 spiro atoms. The highest BCUT2D eigenvalue weighted by Gasteiger charge is 2.19. The average Bonchev–Trinajstić information content (AvgIpc) is 3.40. The van der Waals surface area contributed by atoms with Gasteiger partial charge in [0.25, 0.3) is 11.6 Å². The van der Waals surface area contributed by atoms with Crippen LogP contribution in [0.1, 0.15) is 33.7 Å².